The van der Waals surface area contributed by atoms with Crippen molar-refractivity contribution in [2.75, 3.05) is 0 Å². The van der Waals surface area contributed by atoms with Crippen LogP contribution in [-0.4, -0.2) is 15.2 Å². The molecule has 0 fully saturated rings. The summed E-state index contributed by atoms with van der Waals surface area (Å²) in [6, 6.07) is 0. The van der Waals surface area contributed by atoms with Crippen LogP contribution in [0.25, 0.3) is 11.3 Å². The van der Waals surface area contributed by atoms with Gasteiger partial charge in [-0.2, -0.15) is 4.57 Å². The van der Waals surface area contributed by atoms with Gasteiger partial charge in [-0.05, 0) is 62.1 Å². The van der Waals surface area contributed by atoms with Gasteiger partial charge in [-0.3, -0.25) is 0 Å². The van der Waals surface area contributed by atoms with E-state index in [9.17, 15) is 0 Å². The van der Waals surface area contributed by atoms with Crippen LogP contribution in [-0.2, 0) is 6.54 Å². The Labute approximate surface area is 154 Å². The molecule has 3 heteroatoms. The molecule has 2 aromatic rings. The lowest BCUT2D eigenvalue weighted by atomic mass is 9.93. The summed E-state index contributed by atoms with van der Waals surface area (Å²) in [5.74, 6) is 0. The van der Waals surface area contributed by atoms with Crippen LogP contribution >= 0.6 is 0 Å². The maximum atomic E-state index is 2.66. The predicted octanol–water partition coefficient (Wildman–Crippen LogP) is 3.78. The molecule has 1 aromatic carbocycles. The largest absolute Gasteiger partial charge is 0.212 e. The molecule has 0 saturated heterocycles. The lowest BCUT2D eigenvalue weighted by Crippen LogP contribution is -2.74. The highest BCUT2D eigenvalue weighted by Gasteiger charge is 2.56. The highest BCUT2D eigenvalue weighted by Crippen LogP contribution is 2.40. The first kappa shape index (κ1) is 17.2. The van der Waals surface area contributed by atoms with E-state index in [0.29, 0.717) is 0 Å². The van der Waals surface area contributed by atoms with Gasteiger partial charge in [0.1, 0.15) is 0 Å². The molecule has 0 bridgehead atoms. The van der Waals surface area contributed by atoms with Crippen molar-refractivity contribution >= 4 is 25.6 Å². The lowest BCUT2D eigenvalue weighted by molar-refractivity contribution is -0.678. The van der Waals surface area contributed by atoms with Gasteiger partial charge < -0.3 is 0 Å². The SMILES string of the molecule is Cc1c(C)c2c3c(c1C)[Si](C)(C)[Si](C)(C)c1c(C)c(C)c(C)[n+](c1-3)C2. The van der Waals surface area contributed by atoms with Crippen molar-refractivity contribution in [3.8, 4) is 11.3 Å². The minimum atomic E-state index is -1.54. The Morgan fingerprint density at radius 2 is 1.16 bits per heavy atom. The van der Waals surface area contributed by atoms with Crippen LogP contribution in [0.2, 0.25) is 26.2 Å². The van der Waals surface area contributed by atoms with Crippen molar-refractivity contribution in [1.82, 2.24) is 0 Å². The van der Waals surface area contributed by atoms with Gasteiger partial charge in [0.05, 0.1) is 20.7 Å². The Bertz CT molecular complexity index is 901. The number of aromatic nitrogens is 1. The number of benzene rings is 1. The van der Waals surface area contributed by atoms with E-state index in [4.69, 9.17) is 0 Å². The first-order valence-corrected chi connectivity index (χ1v) is 16.6. The summed E-state index contributed by atoms with van der Waals surface area (Å²) in [6.45, 7) is 25.9. The van der Waals surface area contributed by atoms with Gasteiger partial charge in [0, 0.05) is 23.2 Å². The minimum Gasteiger partial charge on any atom is -0.191 e. The van der Waals surface area contributed by atoms with E-state index in [2.05, 4.69) is 72.3 Å². The van der Waals surface area contributed by atoms with E-state index in [1.54, 1.807) is 43.9 Å². The average molecular weight is 367 g/mol. The third kappa shape index (κ3) is 1.72. The monoisotopic (exact) mass is 366 g/mol. The summed E-state index contributed by atoms with van der Waals surface area (Å²) in [4.78, 5) is 0. The van der Waals surface area contributed by atoms with Crippen molar-refractivity contribution in [2.24, 2.45) is 0 Å². The zero-order valence-electron chi connectivity index (χ0n) is 17.7. The maximum Gasteiger partial charge on any atom is 0.212 e. The molecule has 1 nitrogen and oxygen atoms in total. The molecule has 0 aliphatic carbocycles. The number of nitrogens with zero attached hydrogens (tertiary/aromatic N) is 1. The standard InChI is InChI=1S/C22H32NSi2/c1-12-14(3)18-11-23-17(6)13(2)16(5)22-20(23)19(18)21(15(12)4)24(7,8)25(22,9)10/h11H2,1-10H3/q+1. The van der Waals surface area contributed by atoms with E-state index in [1.165, 1.54) is 16.8 Å². The normalized spacial score (nSPS) is 18.5. The van der Waals surface area contributed by atoms with Crippen molar-refractivity contribution in [3.05, 3.63) is 39.1 Å². The topological polar surface area (TPSA) is 3.88 Å². The number of pyridine rings is 1. The fourth-order valence-electron chi connectivity index (χ4n) is 5.61. The van der Waals surface area contributed by atoms with Crippen LogP contribution in [0.1, 0.15) is 39.1 Å². The highest BCUT2D eigenvalue weighted by atomic mass is 29.3. The Balaban J connectivity index is 2.33. The molecule has 0 atom stereocenters. The second-order valence-electron chi connectivity index (χ2n) is 9.50. The fraction of sp³-hybridized carbons (Fsp3) is 0.500. The summed E-state index contributed by atoms with van der Waals surface area (Å²) in [5, 5.41) is 3.57. The summed E-state index contributed by atoms with van der Waals surface area (Å²) in [6.07, 6.45) is 0. The molecule has 0 amide bonds. The molecule has 0 radical (unpaired) electrons. The molecule has 4 rings (SSSR count). The molecule has 0 saturated carbocycles. The van der Waals surface area contributed by atoms with Crippen molar-refractivity contribution in [3.63, 3.8) is 0 Å². The van der Waals surface area contributed by atoms with E-state index in [-0.39, 0.29) is 0 Å². The lowest BCUT2D eigenvalue weighted by Gasteiger charge is -2.45. The molecule has 0 N–H and O–H groups in total. The molecular weight excluding hydrogens is 334 g/mol. The quantitative estimate of drug-likeness (QED) is 0.421. The van der Waals surface area contributed by atoms with E-state index in [1.807, 2.05) is 0 Å². The molecule has 2 aliphatic rings. The maximum absolute atomic E-state index is 2.66. The van der Waals surface area contributed by atoms with Crippen LogP contribution in [0.3, 0.4) is 0 Å². The molecule has 0 spiro atoms. The van der Waals surface area contributed by atoms with Crippen LogP contribution in [0.4, 0.5) is 0 Å². The first-order chi connectivity index (χ1) is 11.4. The summed E-state index contributed by atoms with van der Waals surface area (Å²) in [7, 11) is -3.07. The Morgan fingerprint density at radius 1 is 0.640 bits per heavy atom. The molecule has 1 aromatic heterocycles. The summed E-state index contributed by atoms with van der Waals surface area (Å²) in [5.41, 5.74) is 14.2. The van der Waals surface area contributed by atoms with Crippen LogP contribution in [0.15, 0.2) is 0 Å². The molecule has 3 heterocycles. The van der Waals surface area contributed by atoms with E-state index in [0.717, 1.165) is 6.54 Å². The van der Waals surface area contributed by atoms with Crippen molar-refractivity contribution in [1.29, 1.82) is 0 Å². The van der Waals surface area contributed by atoms with E-state index >= 15 is 0 Å². The van der Waals surface area contributed by atoms with Gasteiger partial charge >= 0.3 is 0 Å². The molecule has 132 valence electrons. The number of rotatable bonds is 0. The number of hydrogen-bond donors (Lipinski definition) is 0. The van der Waals surface area contributed by atoms with Gasteiger partial charge in [0.2, 0.25) is 5.69 Å². The zero-order valence-corrected chi connectivity index (χ0v) is 19.7. The van der Waals surface area contributed by atoms with Crippen molar-refractivity contribution < 1.29 is 4.57 Å². The second-order valence-corrected chi connectivity index (χ2v) is 24.5. The second kappa shape index (κ2) is 4.74. The fourth-order valence-corrected chi connectivity index (χ4v) is 16.5. The third-order valence-corrected chi connectivity index (χ3v) is 26.0. The molecule has 2 aliphatic heterocycles. The van der Waals surface area contributed by atoms with Gasteiger partial charge in [0.15, 0.2) is 12.2 Å². The zero-order chi connectivity index (χ0) is 18.6. The van der Waals surface area contributed by atoms with Crippen LogP contribution in [0.5, 0.6) is 0 Å². The van der Waals surface area contributed by atoms with Gasteiger partial charge in [-0.1, -0.05) is 26.2 Å². The first-order valence-electron chi connectivity index (χ1n) is 9.62. The Morgan fingerprint density at radius 3 is 1.76 bits per heavy atom. The van der Waals surface area contributed by atoms with Gasteiger partial charge in [0.25, 0.3) is 0 Å². The smallest absolute Gasteiger partial charge is 0.191 e. The van der Waals surface area contributed by atoms with E-state index < -0.39 is 15.2 Å². The Kier molecular flexibility index (Phi) is 3.27. The third-order valence-electron chi connectivity index (χ3n) is 8.26. The minimum absolute atomic E-state index is 1.08. The summed E-state index contributed by atoms with van der Waals surface area (Å²) >= 11 is 0. The van der Waals surface area contributed by atoms with Gasteiger partial charge in [-0.25, -0.2) is 0 Å². The Hall–Kier alpha value is -1.20. The van der Waals surface area contributed by atoms with Crippen LogP contribution in [0, 0.1) is 41.5 Å². The molecule has 0 unspecified atom stereocenters. The average Bonchev–Trinajstić information content (AvgIpc) is 2.89. The van der Waals surface area contributed by atoms with Crippen molar-refractivity contribution in [2.45, 2.75) is 74.3 Å². The van der Waals surface area contributed by atoms with Gasteiger partial charge in [-0.15, -0.1) is 0 Å². The predicted molar refractivity (Wildman–Crippen MR) is 114 cm³/mol. The highest BCUT2D eigenvalue weighted by molar-refractivity contribution is 7.51. The molecular formula is C22H32NSi2+. The molecule has 25 heavy (non-hydrogen) atoms. The number of hydrogen-bond acceptors (Lipinski definition) is 0. The van der Waals surface area contributed by atoms with Crippen LogP contribution < -0.4 is 14.9 Å². The summed E-state index contributed by atoms with van der Waals surface area (Å²) < 4.78 is 2.66.